The average Bonchev–Trinajstić information content (AvgIpc) is 3.15. The van der Waals surface area contributed by atoms with Crippen molar-refractivity contribution in [2.75, 3.05) is 11.9 Å². The van der Waals surface area contributed by atoms with Gasteiger partial charge in [0.15, 0.2) is 0 Å². The summed E-state index contributed by atoms with van der Waals surface area (Å²) in [6, 6.07) is 5.26. The quantitative estimate of drug-likeness (QED) is 0.440. The summed E-state index contributed by atoms with van der Waals surface area (Å²) in [4.78, 5) is 5.44. The van der Waals surface area contributed by atoms with E-state index in [0.29, 0.717) is 18.1 Å². The summed E-state index contributed by atoms with van der Waals surface area (Å²) in [6.07, 6.45) is 2.22. The zero-order chi connectivity index (χ0) is 16.4. The molecule has 1 atom stereocenters. The van der Waals surface area contributed by atoms with Crippen LogP contribution in [-0.2, 0) is 13.0 Å². The lowest BCUT2D eigenvalue weighted by atomic mass is 10.2. The Morgan fingerprint density at radius 1 is 1.44 bits per heavy atom. The van der Waals surface area contributed by atoms with Crippen molar-refractivity contribution in [2.24, 2.45) is 5.73 Å². The first-order valence-electron chi connectivity index (χ1n) is 6.98. The predicted molar refractivity (Wildman–Crippen MR) is 112 cm³/mol. The Labute approximate surface area is 174 Å². The zero-order valence-electron chi connectivity index (χ0n) is 12.9. The van der Waals surface area contributed by atoms with Gasteiger partial charge < -0.3 is 20.6 Å². The number of halogens is 4. The fourth-order valence-corrected chi connectivity index (χ4v) is 4.45. The standard InChI is InChI=1S/C15H15BrClN3O2S.2ClH/c16-13-11(4-8(18)7-21)23-15-10(5-12(17)20-14(13)15)19-6-9-2-1-3-22-9;;/h1-3,5,8,21H,4,6-7,18H2,(H,19,20);2*1H. The van der Waals surface area contributed by atoms with Gasteiger partial charge in [0, 0.05) is 23.4 Å². The van der Waals surface area contributed by atoms with Gasteiger partial charge in [-0.2, -0.15) is 0 Å². The molecule has 10 heteroatoms. The second kappa shape index (κ2) is 9.97. The van der Waals surface area contributed by atoms with Gasteiger partial charge in [0.2, 0.25) is 0 Å². The van der Waals surface area contributed by atoms with Crippen LogP contribution in [0.1, 0.15) is 10.6 Å². The van der Waals surface area contributed by atoms with Gasteiger partial charge in [-0.15, -0.1) is 36.2 Å². The smallest absolute Gasteiger partial charge is 0.131 e. The summed E-state index contributed by atoms with van der Waals surface area (Å²) in [5, 5.41) is 12.9. The van der Waals surface area contributed by atoms with Gasteiger partial charge in [0.05, 0.1) is 39.8 Å². The van der Waals surface area contributed by atoms with Crippen molar-refractivity contribution in [3.05, 3.63) is 44.7 Å². The maximum Gasteiger partial charge on any atom is 0.131 e. The summed E-state index contributed by atoms with van der Waals surface area (Å²) in [7, 11) is 0. The first-order chi connectivity index (χ1) is 11.1. The molecule has 3 aromatic heterocycles. The lowest BCUT2D eigenvalue weighted by molar-refractivity contribution is 0.265. The van der Waals surface area contributed by atoms with Crippen molar-refractivity contribution in [1.29, 1.82) is 0 Å². The van der Waals surface area contributed by atoms with E-state index >= 15 is 0 Å². The Kier molecular flexibility index (Phi) is 8.97. The van der Waals surface area contributed by atoms with E-state index in [2.05, 4.69) is 26.2 Å². The maximum absolute atomic E-state index is 9.16. The van der Waals surface area contributed by atoms with Crippen LogP contribution in [0.2, 0.25) is 5.15 Å². The number of pyridine rings is 1. The minimum atomic E-state index is -0.297. The van der Waals surface area contributed by atoms with Crippen LogP contribution < -0.4 is 11.1 Å². The minimum Gasteiger partial charge on any atom is -0.467 e. The summed E-state index contributed by atoms with van der Waals surface area (Å²) in [6.45, 7) is 0.502. The zero-order valence-corrected chi connectivity index (χ0v) is 17.7. The van der Waals surface area contributed by atoms with Gasteiger partial charge in [0.25, 0.3) is 0 Å². The Bertz CT molecular complexity index is 814. The van der Waals surface area contributed by atoms with E-state index in [4.69, 9.17) is 26.9 Å². The van der Waals surface area contributed by atoms with E-state index in [1.807, 2.05) is 12.1 Å². The molecule has 0 saturated heterocycles. The molecule has 0 bridgehead atoms. The third-order valence-electron chi connectivity index (χ3n) is 3.33. The number of aromatic nitrogens is 1. The predicted octanol–water partition coefficient (Wildman–Crippen LogP) is 4.62. The molecule has 5 nitrogen and oxygen atoms in total. The molecule has 0 spiro atoms. The molecule has 3 rings (SSSR count). The normalized spacial score (nSPS) is 11.7. The average molecular weight is 490 g/mol. The number of hydrogen-bond acceptors (Lipinski definition) is 6. The van der Waals surface area contributed by atoms with Gasteiger partial charge in [0.1, 0.15) is 10.9 Å². The fourth-order valence-electron chi connectivity index (χ4n) is 2.21. The number of aliphatic hydroxyl groups excluding tert-OH is 1. The van der Waals surface area contributed by atoms with Crippen molar-refractivity contribution in [3.8, 4) is 0 Å². The molecule has 0 aliphatic rings. The van der Waals surface area contributed by atoms with Crippen LogP contribution in [0, 0.1) is 0 Å². The van der Waals surface area contributed by atoms with Gasteiger partial charge in [-0.1, -0.05) is 11.6 Å². The van der Waals surface area contributed by atoms with Gasteiger partial charge in [-0.05, 0) is 28.1 Å². The molecule has 0 saturated carbocycles. The van der Waals surface area contributed by atoms with Crippen molar-refractivity contribution < 1.29 is 9.52 Å². The Balaban J connectivity index is 0.00000156. The third kappa shape index (κ3) is 5.23. The first kappa shape index (κ1) is 22.5. The molecule has 0 fully saturated rings. The monoisotopic (exact) mass is 487 g/mol. The molecular weight excluding hydrogens is 473 g/mol. The molecule has 138 valence electrons. The highest BCUT2D eigenvalue weighted by molar-refractivity contribution is 9.10. The number of rotatable bonds is 6. The molecule has 25 heavy (non-hydrogen) atoms. The second-order valence-corrected chi connectivity index (χ2v) is 7.37. The van der Waals surface area contributed by atoms with E-state index < -0.39 is 0 Å². The van der Waals surface area contributed by atoms with Crippen LogP contribution in [0.25, 0.3) is 10.2 Å². The Morgan fingerprint density at radius 3 is 2.84 bits per heavy atom. The molecule has 0 radical (unpaired) electrons. The summed E-state index contributed by atoms with van der Waals surface area (Å²) >= 11 is 11.3. The summed E-state index contributed by atoms with van der Waals surface area (Å²) in [5.74, 6) is 0.837. The summed E-state index contributed by atoms with van der Waals surface area (Å²) < 4.78 is 7.21. The van der Waals surface area contributed by atoms with E-state index in [9.17, 15) is 0 Å². The number of aliphatic hydroxyl groups is 1. The summed E-state index contributed by atoms with van der Waals surface area (Å²) in [5.41, 5.74) is 7.54. The Morgan fingerprint density at radius 2 is 2.20 bits per heavy atom. The van der Waals surface area contributed by atoms with E-state index in [1.54, 1.807) is 23.7 Å². The maximum atomic E-state index is 9.16. The van der Waals surface area contributed by atoms with Gasteiger partial charge >= 0.3 is 0 Å². The number of nitrogens with two attached hydrogens (primary N) is 1. The highest BCUT2D eigenvalue weighted by Gasteiger charge is 2.17. The van der Waals surface area contributed by atoms with Crippen molar-refractivity contribution in [1.82, 2.24) is 4.98 Å². The van der Waals surface area contributed by atoms with Crippen molar-refractivity contribution in [2.45, 2.75) is 19.0 Å². The number of furan rings is 1. The van der Waals surface area contributed by atoms with Gasteiger partial charge in [-0.3, -0.25) is 0 Å². The number of anilines is 1. The number of fused-ring (bicyclic) bond motifs is 1. The first-order valence-corrected chi connectivity index (χ1v) is 8.97. The molecule has 3 aromatic rings. The Hall–Kier alpha value is -0.540. The lowest BCUT2D eigenvalue weighted by Gasteiger charge is -2.06. The highest BCUT2D eigenvalue weighted by Crippen LogP contribution is 2.40. The van der Waals surface area contributed by atoms with E-state index in [-0.39, 0.29) is 37.5 Å². The molecule has 0 amide bonds. The van der Waals surface area contributed by atoms with Crippen LogP contribution in [0.15, 0.2) is 33.4 Å². The SMILES string of the molecule is Cl.Cl.NC(CO)Cc1sc2c(NCc3ccco3)cc(Cl)nc2c1Br. The highest BCUT2D eigenvalue weighted by atomic mass is 79.9. The lowest BCUT2D eigenvalue weighted by Crippen LogP contribution is -2.26. The van der Waals surface area contributed by atoms with E-state index in [1.165, 1.54) is 0 Å². The number of hydrogen-bond donors (Lipinski definition) is 3. The fraction of sp³-hybridized carbons (Fsp3) is 0.267. The molecule has 0 aliphatic heterocycles. The van der Waals surface area contributed by atoms with E-state index in [0.717, 1.165) is 31.0 Å². The minimum absolute atomic E-state index is 0. The largest absolute Gasteiger partial charge is 0.467 e. The van der Waals surface area contributed by atoms with Crippen LogP contribution in [0.3, 0.4) is 0 Å². The van der Waals surface area contributed by atoms with Gasteiger partial charge in [-0.25, -0.2) is 4.98 Å². The van der Waals surface area contributed by atoms with Crippen LogP contribution in [-0.4, -0.2) is 22.7 Å². The van der Waals surface area contributed by atoms with Crippen molar-refractivity contribution in [3.63, 3.8) is 0 Å². The van der Waals surface area contributed by atoms with Crippen molar-refractivity contribution >= 4 is 79.6 Å². The second-order valence-electron chi connectivity index (χ2n) is 5.09. The topological polar surface area (TPSA) is 84.3 Å². The van der Waals surface area contributed by atoms with Crippen LogP contribution in [0.5, 0.6) is 0 Å². The number of thiophene rings is 1. The van der Waals surface area contributed by atoms with Crippen LogP contribution >= 0.6 is 63.7 Å². The number of nitrogens with zero attached hydrogens (tertiary/aromatic N) is 1. The molecule has 0 aliphatic carbocycles. The molecule has 3 heterocycles. The van der Waals surface area contributed by atoms with Crippen LogP contribution in [0.4, 0.5) is 5.69 Å². The third-order valence-corrected chi connectivity index (χ3v) is 5.88. The molecule has 1 unspecified atom stereocenters. The number of nitrogens with one attached hydrogen (secondary N) is 1. The molecule has 4 N–H and O–H groups in total. The molecular formula is C15H17BrCl3N3O2S. The molecule has 0 aromatic carbocycles.